The molecule has 0 aliphatic carbocycles. The Hall–Kier alpha value is -3.17. The van der Waals surface area contributed by atoms with Gasteiger partial charge in [0.25, 0.3) is 0 Å². The summed E-state index contributed by atoms with van der Waals surface area (Å²) in [7, 11) is 1.58. The topological polar surface area (TPSA) is 84.4 Å². The second-order valence-corrected chi connectivity index (χ2v) is 9.34. The number of aromatic nitrogens is 2. The Morgan fingerprint density at radius 2 is 2.09 bits per heavy atom. The monoisotopic (exact) mass is 466 g/mol. The van der Waals surface area contributed by atoms with Gasteiger partial charge in [0, 0.05) is 30.5 Å². The molecule has 32 heavy (non-hydrogen) atoms. The third-order valence-electron chi connectivity index (χ3n) is 4.91. The zero-order chi connectivity index (χ0) is 22.3. The van der Waals surface area contributed by atoms with Gasteiger partial charge in [0.15, 0.2) is 4.34 Å². The van der Waals surface area contributed by atoms with Gasteiger partial charge in [-0.05, 0) is 17.7 Å². The van der Waals surface area contributed by atoms with Gasteiger partial charge in [-0.15, -0.1) is 10.2 Å². The van der Waals surface area contributed by atoms with Crippen LogP contribution in [0.15, 0.2) is 65.0 Å². The predicted octanol–water partition coefficient (Wildman–Crippen LogP) is 4.34. The fourth-order valence-corrected chi connectivity index (χ4v) is 4.90. The van der Waals surface area contributed by atoms with E-state index in [1.807, 2.05) is 48.5 Å². The first kappa shape index (κ1) is 22.0. The molecule has 1 saturated heterocycles. The molecular formula is C23H22N4O3S2. The largest absolute Gasteiger partial charge is 0.497 e. The van der Waals surface area contributed by atoms with Crippen molar-refractivity contribution in [2.45, 2.75) is 10.8 Å². The molecule has 2 aromatic carbocycles. The number of nitrogens with zero attached hydrogens (tertiary/aromatic N) is 3. The Morgan fingerprint density at radius 1 is 1.25 bits per heavy atom. The molecule has 1 fully saturated rings. The van der Waals surface area contributed by atoms with Crippen molar-refractivity contribution in [3.8, 4) is 5.75 Å². The Bertz CT molecular complexity index is 1120. The molecule has 7 nitrogen and oxygen atoms in total. The molecule has 1 aromatic heterocycles. The first-order valence-electron chi connectivity index (χ1n) is 10.1. The summed E-state index contributed by atoms with van der Waals surface area (Å²) in [6, 6.07) is 17.3. The molecule has 0 bridgehead atoms. The number of methoxy groups -OCH3 is 1. The highest BCUT2D eigenvalue weighted by Gasteiger charge is 2.35. The zero-order valence-corrected chi connectivity index (χ0v) is 19.1. The maximum Gasteiger partial charge on any atom is 0.231 e. The molecule has 4 rings (SSSR count). The third kappa shape index (κ3) is 5.54. The normalized spacial score (nSPS) is 16.0. The number of rotatable bonds is 8. The summed E-state index contributed by atoms with van der Waals surface area (Å²) in [5.41, 5.74) is 1.87. The van der Waals surface area contributed by atoms with Gasteiger partial charge in [-0.25, -0.2) is 0 Å². The smallest absolute Gasteiger partial charge is 0.231 e. The molecule has 0 spiro atoms. The van der Waals surface area contributed by atoms with E-state index in [1.165, 1.54) is 11.3 Å². The van der Waals surface area contributed by atoms with Gasteiger partial charge >= 0.3 is 0 Å². The van der Waals surface area contributed by atoms with Crippen molar-refractivity contribution < 1.29 is 14.3 Å². The molecule has 9 heteroatoms. The van der Waals surface area contributed by atoms with Gasteiger partial charge in [-0.1, -0.05) is 71.6 Å². The van der Waals surface area contributed by atoms with Crippen LogP contribution >= 0.6 is 23.1 Å². The van der Waals surface area contributed by atoms with Gasteiger partial charge in [-0.2, -0.15) is 0 Å². The Balaban J connectivity index is 1.29. The molecule has 1 aliphatic rings. The summed E-state index contributed by atoms with van der Waals surface area (Å²) in [6.07, 6.45) is 4.28. The Morgan fingerprint density at radius 3 is 2.91 bits per heavy atom. The maximum absolute atomic E-state index is 12.7. The van der Waals surface area contributed by atoms with Crippen molar-refractivity contribution in [3.05, 3.63) is 66.2 Å². The summed E-state index contributed by atoms with van der Waals surface area (Å²) in [5, 5.41) is 11.4. The molecule has 1 N–H and O–H groups in total. The van der Waals surface area contributed by atoms with Crippen LogP contribution in [0, 0.1) is 5.92 Å². The van der Waals surface area contributed by atoms with Crippen molar-refractivity contribution in [3.63, 3.8) is 0 Å². The highest BCUT2D eigenvalue weighted by molar-refractivity contribution is 8.01. The van der Waals surface area contributed by atoms with Crippen LogP contribution in [0.2, 0.25) is 0 Å². The van der Waals surface area contributed by atoms with Crippen LogP contribution in [-0.2, 0) is 9.59 Å². The number of hydrogen-bond acceptors (Lipinski definition) is 7. The average Bonchev–Trinajstić information content (AvgIpc) is 3.43. The molecule has 0 radical (unpaired) electrons. The van der Waals surface area contributed by atoms with Crippen LogP contribution in [0.25, 0.3) is 6.08 Å². The number of anilines is 2. The lowest BCUT2D eigenvalue weighted by atomic mass is 10.1. The number of nitrogens with one attached hydrogen (secondary N) is 1. The minimum atomic E-state index is -0.442. The fraction of sp³-hybridized carbons (Fsp3) is 0.217. The van der Waals surface area contributed by atoms with Crippen LogP contribution in [0.1, 0.15) is 12.0 Å². The maximum atomic E-state index is 12.7. The Labute approximate surface area is 194 Å². The van der Waals surface area contributed by atoms with E-state index < -0.39 is 5.92 Å². The molecular weight excluding hydrogens is 444 g/mol. The van der Waals surface area contributed by atoms with Crippen molar-refractivity contribution in [1.82, 2.24) is 10.2 Å². The lowest BCUT2D eigenvalue weighted by Gasteiger charge is -2.17. The number of carbonyl (C=O) groups is 2. The highest BCUT2D eigenvalue weighted by atomic mass is 32.2. The second kappa shape index (κ2) is 10.4. The summed E-state index contributed by atoms with van der Waals surface area (Å²) in [4.78, 5) is 26.8. The van der Waals surface area contributed by atoms with E-state index in [4.69, 9.17) is 4.74 Å². The summed E-state index contributed by atoms with van der Waals surface area (Å²) in [5.74, 6) is 0.671. The molecule has 2 heterocycles. The highest BCUT2D eigenvalue weighted by Crippen LogP contribution is 2.30. The van der Waals surface area contributed by atoms with Crippen molar-refractivity contribution in [2.75, 3.05) is 29.6 Å². The number of benzene rings is 2. The number of ether oxygens (including phenoxy) is 1. The predicted molar refractivity (Wildman–Crippen MR) is 128 cm³/mol. The van der Waals surface area contributed by atoms with Crippen LogP contribution in [0.4, 0.5) is 10.8 Å². The van der Waals surface area contributed by atoms with Crippen LogP contribution in [0.3, 0.4) is 0 Å². The first-order valence-corrected chi connectivity index (χ1v) is 11.9. The van der Waals surface area contributed by atoms with Gasteiger partial charge in [-0.3, -0.25) is 9.59 Å². The van der Waals surface area contributed by atoms with Gasteiger partial charge < -0.3 is 15.0 Å². The lowest BCUT2D eigenvalue weighted by molar-refractivity contribution is -0.122. The van der Waals surface area contributed by atoms with Gasteiger partial charge in [0.1, 0.15) is 5.75 Å². The zero-order valence-electron chi connectivity index (χ0n) is 17.4. The minimum Gasteiger partial charge on any atom is -0.497 e. The van der Waals surface area contributed by atoms with Gasteiger partial charge in [0.05, 0.1) is 13.0 Å². The van der Waals surface area contributed by atoms with Crippen molar-refractivity contribution in [1.29, 1.82) is 0 Å². The quantitative estimate of drug-likeness (QED) is 0.393. The van der Waals surface area contributed by atoms with E-state index in [9.17, 15) is 9.59 Å². The summed E-state index contributed by atoms with van der Waals surface area (Å²) < 4.78 is 6.00. The Kier molecular flexibility index (Phi) is 7.18. The molecule has 2 amide bonds. The van der Waals surface area contributed by atoms with Crippen molar-refractivity contribution in [2.24, 2.45) is 5.92 Å². The van der Waals surface area contributed by atoms with Crippen LogP contribution in [-0.4, -0.2) is 41.4 Å². The first-order chi connectivity index (χ1) is 15.6. The van der Waals surface area contributed by atoms with Crippen molar-refractivity contribution >= 4 is 51.8 Å². The van der Waals surface area contributed by atoms with E-state index in [1.54, 1.807) is 29.8 Å². The number of carbonyl (C=O) groups excluding carboxylic acids is 2. The summed E-state index contributed by atoms with van der Waals surface area (Å²) >= 11 is 2.88. The third-order valence-corrected chi connectivity index (χ3v) is 6.83. The number of thioether (sulfide) groups is 1. The number of hydrogen-bond donors (Lipinski definition) is 1. The second-order valence-electron chi connectivity index (χ2n) is 7.09. The van der Waals surface area contributed by atoms with Gasteiger partial charge in [0.2, 0.25) is 16.9 Å². The lowest BCUT2D eigenvalue weighted by Crippen LogP contribution is -2.28. The number of amides is 2. The molecule has 3 aromatic rings. The molecule has 1 aliphatic heterocycles. The van der Waals surface area contributed by atoms with E-state index in [0.29, 0.717) is 17.4 Å². The molecule has 0 saturated carbocycles. The average molecular weight is 467 g/mol. The van der Waals surface area contributed by atoms with E-state index in [-0.39, 0.29) is 18.2 Å². The SMILES string of the molecule is COc1cccc(N2C[C@@H](C(=O)Nc3nnc(SC/C=C/c4ccccc4)s3)CC2=O)c1. The van der Waals surface area contributed by atoms with E-state index in [0.717, 1.165) is 21.3 Å². The fourth-order valence-electron chi connectivity index (χ4n) is 3.30. The molecule has 1 atom stereocenters. The standard InChI is InChI=1S/C23H22N4O3S2/c1-30-19-11-5-10-18(14-19)27-15-17(13-20(27)28)21(29)24-22-25-26-23(32-22)31-12-6-9-16-7-3-2-4-8-16/h2-11,14,17H,12-13,15H2,1H3,(H,24,25,29)/b9-6+/t17-/m0/s1. The minimum absolute atomic E-state index is 0.0860. The van der Waals surface area contributed by atoms with E-state index >= 15 is 0 Å². The summed E-state index contributed by atoms with van der Waals surface area (Å²) in [6.45, 7) is 0.322. The molecule has 164 valence electrons. The van der Waals surface area contributed by atoms with Crippen LogP contribution < -0.4 is 15.0 Å². The van der Waals surface area contributed by atoms with Crippen LogP contribution in [0.5, 0.6) is 5.75 Å². The molecule has 0 unspecified atom stereocenters. The van der Waals surface area contributed by atoms with E-state index in [2.05, 4.69) is 27.7 Å².